The molecule has 2 aliphatic heterocycles. The molecule has 3 fully saturated rings. The van der Waals surface area contributed by atoms with Crippen LogP contribution < -0.4 is 0 Å². The Balaban J connectivity index is 1.54. The molecule has 1 aromatic rings. The third-order valence-electron chi connectivity index (χ3n) is 5.11. The number of rotatable bonds is 3. The smallest absolute Gasteiger partial charge is 0.331 e. The minimum atomic E-state index is -1.10. The van der Waals surface area contributed by atoms with Gasteiger partial charge in [-0.05, 0) is 39.3 Å². The third-order valence-corrected chi connectivity index (χ3v) is 5.11. The number of hydrogen-bond acceptors (Lipinski definition) is 7. The highest BCUT2D eigenvalue weighted by Crippen LogP contribution is 2.45. The van der Waals surface area contributed by atoms with Gasteiger partial charge >= 0.3 is 5.97 Å². The number of benzene rings is 1. The first-order valence-corrected chi connectivity index (χ1v) is 9.48. The minimum absolute atomic E-state index is 0.508. The van der Waals surface area contributed by atoms with Gasteiger partial charge < -0.3 is 28.8 Å². The molecule has 1 N–H and O–H groups in total. The van der Waals surface area contributed by atoms with Crippen molar-refractivity contribution < 1.29 is 33.6 Å². The summed E-state index contributed by atoms with van der Waals surface area (Å²) in [6, 6.07) is 9.41. The van der Waals surface area contributed by atoms with Crippen LogP contribution in [0.2, 0.25) is 0 Å². The lowest BCUT2D eigenvalue weighted by atomic mass is 9.85. The van der Waals surface area contributed by atoms with Crippen molar-refractivity contribution in [2.75, 3.05) is 0 Å². The summed E-state index contributed by atoms with van der Waals surface area (Å²) >= 11 is 0. The molecule has 0 radical (unpaired) electrons. The van der Waals surface area contributed by atoms with Crippen LogP contribution in [0.4, 0.5) is 0 Å². The Hall–Kier alpha value is -1.77. The second-order valence-corrected chi connectivity index (χ2v) is 8.27. The number of aliphatic hydroxyl groups excluding tert-OH is 1. The molecule has 2 saturated heterocycles. The molecule has 0 bridgehead atoms. The van der Waals surface area contributed by atoms with Crippen LogP contribution >= 0.6 is 0 Å². The summed E-state index contributed by atoms with van der Waals surface area (Å²) in [7, 11) is 0. The summed E-state index contributed by atoms with van der Waals surface area (Å²) in [6.07, 6.45) is -1.39. The van der Waals surface area contributed by atoms with Gasteiger partial charge in [-0.3, -0.25) is 0 Å². The summed E-state index contributed by atoms with van der Waals surface area (Å²) in [5.41, 5.74) is 0.873. The normalized spacial score (nSPS) is 38.2. The van der Waals surface area contributed by atoms with Gasteiger partial charge in [0.25, 0.3) is 0 Å². The lowest BCUT2D eigenvalue weighted by molar-refractivity contribution is -0.196. The van der Waals surface area contributed by atoms with E-state index in [4.69, 9.17) is 23.7 Å². The molecule has 0 amide bonds. The quantitative estimate of drug-likeness (QED) is 0.624. The number of ether oxygens (including phenoxy) is 5. The first kappa shape index (κ1) is 19.5. The van der Waals surface area contributed by atoms with Crippen molar-refractivity contribution in [2.45, 2.75) is 75.9 Å². The average Bonchev–Trinajstić information content (AvgIpc) is 3.13. The minimum Gasteiger partial charge on any atom is -0.453 e. The number of hydrogen-bond donors (Lipinski definition) is 1. The van der Waals surface area contributed by atoms with E-state index in [-0.39, 0.29) is 0 Å². The van der Waals surface area contributed by atoms with Crippen molar-refractivity contribution >= 4 is 12.0 Å². The molecule has 7 nitrogen and oxygen atoms in total. The van der Waals surface area contributed by atoms with Crippen LogP contribution in [0.1, 0.15) is 33.3 Å². The Kier molecular flexibility index (Phi) is 4.84. The van der Waals surface area contributed by atoms with Crippen LogP contribution in [0.5, 0.6) is 0 Å². The van der Waals surface area contributed by atoms with Gasteiger partial charge in [0.15, 0.2) is 17.7 Å². The second kappa shape index (κ2) is 6.93. The molecule has 0 spiro atoms. The Morgan fingerprint density at radius 2 is 1.46 bits per heavy atom. The lowest BCUT2D eigenvalue weighted by Crippen LogP contribution is -2.62. The van der Waals surface area contributed by atoms with Crippen LogP contribution in [0.25, 0.3) is 6.08 Å². The SMILES string of the molecule is CC1(C)O[C@H]2[C@@H]3OC(C)(C)O[C@@H]3[C@@H](O)[C@H](OC(=O)/C=C/c3ccccc3)[C@H]2O1. The van der Waals surface area contributed by atoms with E-state index < -0.39 is 54.2 Å². The predicted molar refractivity (Wildman–Crippen MR) is 99.0 cm³/mol. The van der Waals surface area contributed by atoms with Crippen molar-refractivity contribution in [1.29, 1.82) is 0 Å². The standard InChI is InChI=1S/C21H26O7/c1-20(2)25-16-14(23)15(17-19(18(16)27-20)28-21(3,4)26-17)24-13(22)11-10-12-8-6-5-7-9-12/h5-11,14-19,23H,1-4H3/b11-10+/t14-,15-,16+,17+,18+,19+/m0/s1. The fraction of sp³-hybridized carbons (Fsp3) is 0.571. The molecule has 0 aromatic heterocycles. The second-order valence-electron chi connectivity index (χ2n) is 8.27. The summed E-state index contributed by atoms with van der Waals surface area (Å²) in [5.74, 6) is -2.33. The largest absolute Gasteiger partial charge is 0.453 e. The highest BCUT2D eigenvalue weighted by atomic mass is 16.8. The zero-order valence-electron chi connectivity index (χ0n) is 16.4. The molecule has 2 heterocycles. The molecule has 1 aromatic carbocycles. The van der Waals surface area contributed by atoms with E-state index in [2.05, 4.69) is 0 Å². The first-order valence-electron chi connectivity index (χ1n) is 9.48. The Bertz CT molecular complexity index is 757. The molecule has 28 heavy (non-hydrogen) atoms. The van der Waals surface area contributed by atoms with Gasteiger partial charge in [0, 0.05) is 6.08 Å². The summed E-state index contributed by atoms with van der Waals surface area (Å²) in [6.45, 7) is 7.11. The van der Waals surface area contributed by atoms with Crippen molar-refractivity contribution in [3.05, 3.63) is 42.0 Å². The number of carbonyl (C=O) groups excluding carboxylic acids is 1. The molecule has 6 atom stereocenters. The van der Waals surface area contributed by atoms with Crippen molar-refractivity contribution in [2.24, 2.45) is 0 Å². The summed E-state index contributed by atoms with van der Waals surface area (Å²) in [4.78, 5) is 12.4. The highest BCUT2D eigenvalue weighted by molar-refractivity contribution is 5.87. The predicted octanol–water partition coefficient (Wildman–Crippen LogP) is 2.03. The van der Waals surface area contributed by atoms with Crippen molar-refractivity contribution in [3.63, 3.8) is 0 Å². The topological polar surface area (TPSA) is 83.5 Å². The maximum Gasteiger partial charge on any atom is 0.331 e. The number of fused-ring (bicyclic) bond motifs is 3. The summed E-state index contributed by atoms with van der Waals surface area (Å²) in [5, 5.41) is 10.9. The Labute approximate surface area is 164 Å². The van der Waals surface area contributed by atoms with E-state index >= 15 is 0 Å². The van der Waals surface area contributed by atoms with E-state index in [0.29, 0.717) is 0 Å². The van der Waals surface area contributed by atoms with E-state index in [1.54, 1.807) is 33.8 Å². The zero-order chi connectivity index (χ0) is 20.1. The monoisotopic (exact) mass is 390 g/mol. The molecule has 7 heteroatoms. The average molecular weight is 390 g/mol. The number of aliphatic hydroxyl groups is 1. The lowest BCUT2D eigenvalue weighted by Gasteiger charge is -2.40. The molecule has 3 aliphatic rings. The maximum atomic E-state index is 12.4. The van der Waals surface area contributed by atoms with Crippen molar-refractivity contribution in [1.82, 2.24) is 0 Å². The maximum absolute atomic E-state index is 12.4. The Morgan fingerprint density at radius 1 is 0.929 bits per heavy atom. The molecule has 1 saturated carbocycles. The van der Waals surface area contributed by atoms with Gasteiger partial charge in [0.2, 0.25) is 0 Å². The van der Waals surface area contributed by atoms with Gasteiger partial charge in [-0.15, -0.1) is 0 Å². The van der Waals surface area contributed by atoms with Crippen LogP contribution in [-0.4, -0.2) is 59.3 Å². The van der Waals surface area contributed by atoms with Crippen LogP contribution in [0.3, 0.4) is 0 Å². The highest BCUT2D eigenvalue weighted by Gasteiger charge is 2.64. The zero-order valence-corrected chi connectivity index (χ0v) is 16.4. The van der Waals surface area contributed by atoms with E-state index in [1.165, 1.54) is 6.08 Å². The Morgan fingerprint density at radius 3 is 2.11 bits per heavy atom. The molecular formula is C21H26O7. The van der Waals surface area contributed by atoms with Gasteiger partial charge in [-0.25, -0.2) is 4.79 Å². The van der Waals surface area contributed by atoms with E-state index in [9.17, 15) is 9.90 Å². The molecular weight excluding hydrogens is 364 g/mol. The fourth-order valence-corrected chi connectivity index (χ4v) is 4.08. The van der Waals surface area contributed by atoms with E-state index in [0.717, 1.165) is 5.56 Å². The summed E-state index contributed by atoms with van der Waals surface area (Å²) < 4.78 is 29.4. The first-order chi connectivity index (χ1) is 13.2. The molecule has 152 valence electrons. The van der Waals surface area contributed by atoms with Gasteiger partial charge in [-0.2, -0.15) is 0 Å². The van der Waals surface area contributed by atoms with Crippen LogP contribution in [0.15, 0.2) is 36.4 Å². The van der Waals surface area contributed by atoms with Crippen LogP contribution in [-0.2, 0) is 28.5 Å². The van der Waals surface area contributed by atoms with E-state index in [1.807, 2.05) is 30.3 Å². The molecule has 1 aliphatic carbocycles. The van der Waals surface area contributed by atoms with Crippen molar-refractivity contribution in [3.8, 4) is 0 Å². The van der Waals surface area contributed by atoms with Gasteiger partial charge in [0.05, 0.1) is 0 Å². The molecule has 4 rings (SSSR count). The molecule has 0 unspecified atom stereocenters. The fourth-order valence-electron chi connectivity index (χ4n) is 4.08. The third kappa shape index (κ3) is 3.73. The number of carbonyl (C=O) groups is 1. The van der Waals surface area contributed by atoms with Gasteiger partial charge in [-0.1, -0.05) is 30.3 Å². The van der Waals surface area contributed by atoms with Gasteiger partial charge in [0.1, 0.15) is 30.5 Å². The number of esters is 1. The van der Waals surface area contributed by atoms with Crippen LogP contribution in [0, 0.1) is 0 Å².